The van der Waals surface area contributed by atoms with Crippen LogP contribution in [0.1, 0.15) is 6.92 Å². The molecule has 1 rings (SSSR count). The Morgan fingerprint density at radius 3 is 2.35 bits per heavy atom. The smallest absolute Gasteiger partial charge is 0.206 e. The summed E-state index contributed by atoms with van der Waals surface area (Å²) >= 11 is 21.4. The van der Waals surface area contributed by atoms with Crippen molar-refractivity contribution in [3.8, 4) is 0 Å². The van der Waals surface area contributed by atoms with E-state index in [2.05, 4.69) is 20.7 Å². The normalized spacial score (nSPS) is 13.0. The van der Waals surface area contributed by atoms with Gasteiger partial charge in [-0.3, -0.25) is 0 Å². The van der Waals surface area contributed by atoms with E-state index in [1.54, 1.807) is 6.92 Å². The number of rotatable bonds is 5. The predicted molar refractivity (Wildman–Crippen MR) is 77.2 cm³/mol. The molecule has 1 aromatic rings. The Kier molecular flexibility index (Phi) is 5.60. The van der Waals surface area contributed by atoms with Gasteiger partial charge in [0.05, 0.1) is 14.3 Å². The first-order valence-corrected chi connectivity index (χ1v) is 8.89. The van der Waals surface area contributed by atoms with Gasteiger partial charge in [-0.1, -0.05) is 11.6 Å². The van der Waals surface area contributed by atoms with Gasteiger partial charge >= 0.3 is 0 Å². The third-order valence-corrected chi connectivity index (χ3v) is 7.62. The summed E-state index contributed by atoms with van der Waals surface area (Å²) in [6.45, 7) is 1.63. The topological polar surface area (TPSA) is 46.2 Å². The molecule has 1 aromatic heterocycles. The monoisotopic (exact) mass is 399 g/mol. The van der Waals surface area contributed by atoms with Crippen molar-refractivity contribution >= 4 is 72.1 Å². The maximum Gasteiger partial charge on any atom is 0.250 e. The summed E-state index contributed by atoms with van der Waals surface area (Å²) in [4.78, 5) is 0. The van der Waals surface area contributed by atoms with E-state index in [4.69, 9.17) is 34.8 Å². The number of alkyl halides is 2. The van der Waals surface area contributed by atoms with Crippen LogP contribution in [0.3, 0.4) is 0 Å². The molecule has 0 amide bonds. The van der Waals surface area contributed by atoms with Crippen LogP contribution in [0.4, 0.5) is 0 Å². The van der Waals surface area contributed by atoms with Crippen LogP contribution in [0.2, 0.25) is 5.02 Å². The zero-order valence-corrected chi connectivity index (χ0v) is 14.1. The van der Waals surface area contributed by atoms with Gasteiger partial charge in [0, 0.05) is 11.8 Å². The maximum atomic E-state index is 12.0. The standard InChI is InChI=1S/C8H9BrCl3NO2S2/c1-8(3-10,4-11)13-17(14,15)6-2-5(12)7(9)16-6/h2,13H,3-4H2,1H3. The zero-order valence-electron chi connectivity index (χ0n) is 8.64. The fourth-order valence-electron chi connectivity index (χ4n) is 0.924. The van der Waals surface area contributed by atoms with Crippen molar-refractivity contribution in [1.82, 2.24) is 4.72 Å². The summed E-state index contributed by atoms with van der Waals surface area (Å²) in [6, 6.07) is 1.38. The van der Waals surface area contributed by atoms with Gasteiger partial charge in [0.25, 0.3) is 10.0 Å². The van der Waals surface area contributed by atoms with Crippen LogP contribution in [0.25, 0.3) is 0 Å². The molecule has 0 spiro atoms. The Bertz CT molecular complexity index is 479. The first-order valence-electron chi connectivity index (χ1n) is 4.35. The molecule has 0 unspecified atom stereocenters. The Balaban J connectivity index is 3.04. The van der Waals surface area contributed by atoms with E-state index in [0.717, 1.165) is 11.3 Å². The average Bonchev–Trinajstić information content (AvgIpc) is 2.59. The Morgan fingerprint density at radius 1 is 1.47 bits per heavy atom. The van der Waals surface area contributed by atoms with E-state index in [-0.39, 0.29) is 16.0 Å². The first kappa shape index (κ1) is 16.0. The summed E-state index contributed by atoms with van der Waals surface area (Å²) in [6.07, 6.45) is 0. The van der Waals surface area contributed by atoms with Gasteiger partial charge in [-0.05, 0) is 28.9 Å². The molecule has 3 nitrogen and oxygen atoms in total. The van der Waals surface area contributed by atoms with Crippen molar-refractivity contribution in [2.75, 3.05) is 11.8 Å². The highest BCUT2D eigenvalue weighted by Gasteiger charge is 2.30. The molecule has 0 radical (unpaired) electrons. The van der Waals surface area contributed by atoms with Crippen LogP contribution >= 0.6 is 62.1 Å². The Morgan fingerprint density at radius 2 is 2.00 bits per heavy atom. The third kappa shape index (κ3) is 3.96. The van der Waals surface area contributed by atoms with Crippen LogP contribution < -0.4 is 4.72 Å². The second-order valence-corrected chi connectivity index (χ2v) is 8.84. The van der Waals surface area contributed by atoms with E-state index in [1.807, 2.05) is 0 Å². The van der Waals surface area contributed by atoms with Gasteiger partial charge < -0.3 is 0 Å². The number of sulfonamides is 1. The van der Waals surface area contributed by atoms with Gasteiger partial charge in [0.2, 0.25) is 0 Å². The van der Waals surface area contributed by atoms with Crippen LogP contribution in [0.15, 0.2) is 14.1 Å². The molecule has 1 heterocycles. The molecule has 0 saturated heterocycles. The summed E-state index contributed by atoms with van der Waals surface area (Å²) in [7, 11) is -3.66. The molecule has 1 N–H and O–H groups in total. The number of hydrogen-bond acceptors (Lipinski definition) is 3. The summed E-state index contributed by atoms with van der Waals surface area (Å²) in [5.41, 5.74) is -0.884. The molecule has 0 aliphatic rings. The average molecular weight is 402 g/mol. The molecular formula is C8H9BrCl3NO2S2. The summed E-state index contributed by atoms with van der Waals surface area (Å²) in [5.74, 6) is 0.159. The minimum atomic E-state index is -3.66. The molecule has 0 bridgehead atoms. The van der Waals surface area contributed by atoms with Gasteiger partial charge in [0.15, 0.2) is 0 Å². The van der Waals surface area contributed by atoms with E-state index in [0.29, 0.717) is 8.81 Å². The van der Waals surface area contributed by atoms with Crippen LogP contribution in [-0.2, 0) is 10.0 Å². The molecule has 0 fully saturated rings. The lowest BCUT2D eigenvalue weighted by molar-refractivity contribution is 0.501. The third-order valence-electron chi connectivity index (χ3n) is 1.86. The molecule has 9 heteroatoms. The largest absolute Gasteiger partial charge is 0.250 e. The quantitative estimate of drug-likeness (QED) is 0.765. The van der Waals surface area contributed by atoms with E-state index >= 15 is 0 Å². The Labute approximate surface area is 128 Å². The molecular weight excluding hydrogens is 392 g/mol. The fourth-order valence-corrected chi connectivity index (χ4v) is 5.31. The van der Waals surface area contributed by atoms with Crippen molar-refractivity contribution in [1.29, 1.82) is 0 Å². The lowest BCUT2D eigenvalue weighted by atomic mass is 10.1. The lowest BCUT2D eigenvalue weighted by Gasteiger charge is -2.24. The van der Waals surface area contributed by atoms with E-state index in [1.165, 1.54) is 6.07 Å². The first-order chi connectivity index (χ1) is 7.74. The molecule has 0 saturated carbocycles. The van der Waals surface area contributed by atoms with Gasteiger partial charge in [-0.15, -0.1) is 34.5 Å². The number of nitrogens with one attached hydrogen (secondary N) is 1. The highest BCUT2D eigenvalue weighted by Crippen LogP contribution is 2.35. The number of thiophene rings is 1. The maximum absolute atomic E-state index is 12.0. The molecule has 0 atom stereocenters. The minimum Gasteiger partial charge on any atom is -0.206 e. The lowest BCUT2D eigenvalue weighted by Crippen LogP contribution is -2.48. The molecule has 0 aliphatic heterocycles. The highest BCUT2D eigenvalue weighted by molar-refractivity contribution is 9.11. The SMILES string of the molecule is CC(CCl)(CCl)NS(=O)(=O)c1cc(Cl)c(Br)s1. The van der Waals surface area contributed by atoms with Gasteiger partial charge in [-0.25, -0.2) is 13.1 Å². The number of halogens is 4. The highest BCUT2D eigenvalue weighted by atomic mass is 79.9. The number of hydrogen-bond donors (Lipinski definition) is 1. The van der Waals surface area contributed by atoms with Crippen LogP contribution in [0, 0.1) is 0 Å². The zero-order chi connectivity index (χ0) is 13.3. The minimum absolute atomic E-state index is 0.0794. The predicted octanol–water partition coefficient (Wildman–Crippen LogP) is 3.68. The van der Waals surface area contributed by atoms with Crippen molar-refractivity contribution < 1.29 is 8.42 Å². The summed E-state index contributed by atoms with van der Waals surface area (Å²) in [5, 5.41) is 0.355. The van der Waals surface area contributed by atoms with Crippen molar-refractivity contribution in [3.63, 3.8) is 0 Å². The molecule has 0 aliphatic carbocycles. The second kappa shape index (κ2) is 5.94. The van der Waals surface area contributed by atoms with Crippen LogP contribution in [-0.4, -0.2) is 25.7 Å². The second-order valence-electron chi connectivity index (χ2n) is 3.62. The van der Waals surface area contributed by atoms with Gasteiger partial charge in [0.1, 0.15) is 4.21 Å². The van der Waals surface area contributed by atoms with E-state index in [9.17, 15) is 8.42 Å². The van der Waals surface area contributed by atoms with Gasteiger partial charge in [-0.2, -0.15) is 0 Å². The molecule has 98 valence electrons. The molecule has 17 heavy (non-hydrogen) atoms. The fraction of sp³-hybridized carbons (Fsp3) is 0.500. The Hall–Kier alpha value is 0.960. The van der Waals surface area contributed by atoms with Crippen molar-refractivity contribution in [3.05, 3.63) is 14.9 Å². The summed E-state index contributed by atoms with van der Waals surface area (Å²) < 4.78 is 27.2. The van der Waals surface area contributed by atoms with Crippen LogP contribution in [0.5, 0.6) is 0 Å². The van der Waals surface area contributed by atoms with Crippen molar-refractivity contribution in [2.45, 2.75) is 16.7 Å². The molecule has 0 aromatic carbocycles. The van der Waals surface area contributed by atoms with E-state index < -0.39 is 15.6 Å². The van der Waals surface area contributed by atoms with Crippen molar-refractivity contribution in [2.24, 2.45) is 0 Å².